The number of rotatable bonds is 4. The van der Waals surface area contributed by atoms with E-state index in [2.05, 4.69) is 15.0 Å². The number of amides is 1. The van der Waals surface area contributed by atoms with Gasteiger partial charge in [0.1, 0.15) is 23.1 Å². The largest absolute Gasteiger partial charge is 0.469 e. The fraction of sp³-hybridized carbons (Fsp3) is 0.353. The number of nitrogens with one attached hydrogen (secondary N) is 1. The molecule has 0 aliphatic carbocycles. The van der Waals surface area contributed by atoms with Gasteiger partial charge in [-0.1, -0.05) is 6.07 Å². The second kappa shape index (κ2) is 6.95. The van der Waals surface area contributed by atoms with Crippen molar-refractivity contribution in [1.82, 2.24) is 14.7 Å². The zero-order valence-electron chi connectivity index (χ0n) is 14.4. The number of ether oxygens (including phenoxy) is 1. The van der Waals surface area contributed by atoms with E-state index >= 15 is 0 Å². The fourth-order valence-electron chi connectivity index (χ4n) is 3.03. The normalized spacial score (nSPS) is 17.1. The van der Waals surface area contributed by atoms with Crippen molar-refractivity contribution < 1.29 is 19.1 Å². The molecule has 3 rings (SSSR count). The van der Waals surface area contributed by atoms with Crippen LogP contribution in [0.15, 0.2) is 23.1 Å². The van der Waals surface area contributed by atoms with E-state index in [4.69, 9.17) is 0 Å². The number of carbonyl (C=O) groups is 3. The van der Waals surface area contributed by atoms with Crippen LogP contribution in [-0.2, 0) is 14.3 Å². The first-order valence-corrected chi connectivity index (χ1v) is 8.06. The number of fused-ring (bicyclic) bond motifs is 1. The third-order valence-electron chi connectivity index (χ3n) is 4.37. The maximum absolute atomic E-state index is 12.7. The van der Waals surface area contributed by atoms with Crippen LogP contribution in [0.5, 0.6) is 0 Å². The lowest BCUT2D eigenvalue weighted by molar-refractivity contribution is -0.143. The Bertz CT molecular complexity index is 952. The van der Waals surface area contributed by atoms with Gasteiger partial charge in [0.15, 0.2) is 6.29 Å². The fourth-order valence-corrected chi connectivity index (χ4v) is 3.03. The number of esters is 1. The van der Waals surface area contributed by atoms with Gasteiger partial charge in [-0.15, -0.1) is 0 Å². The van der Waals surface area contributed by atoms with Crippen LogP contribution >= 0.6 is 0 Å². The van der Waals surface area contributed by atoms with E-state index in [1.807, 2.05) is 0 Å². The molecule has 1 amide bonds. The van der Waals surface area contributed by atoms with Crippen LogP contribution in [0.4, 0.5) is 5.82 Å². The van der Waals surface area contributed by atoms with E-state index in [0.29, 0.717) is 25.0 Å². The van der Waals surface area contributed by atoms with Crippen molar-refractivity contribution >= 4 is 29.6 Å². The Balaban J connectivity index is 2.19. The minimum Gasteiger partial charge on any atom is -0.469 e. The van der Waals surface area contributed by atoms with E-state index < -0.39 is 17.6 Å². The summed E-state index contributed by atoms with van der Waals surface area (Å²) >= 11 is 0. The smallest absolute Gasteiger partial charge is 0.308 e. The summed E-state index contributed by atoms with van der Waals surface area (Å²) in [4.78, 5) is 54.3. The van der Waals surface area contributed by atoms with Gasteiger partial charge in [-0.25, -0.2) is 4.98 Å². The highest BCUT2D eigenvalue weighted by Crippen LogP contribution is 2.22. The van der Waals surface area contributed by atoms with Crippen molar-refractivity contribution in [3.8, 4) is 0 Å². The van der Waals surface area contributed by atoms with Crippen LogP contribution in [0.25, 0.3) is 5.65 Å². The van der Waals surface area contributed by atoms with Gasteiger partial charge >= 0.3 is 5.97 Å². The maximum atomic E-state index is 12.7. The molecule has 0 saturated carbocycles. The van der Waals surface area contributed by atoms with Gasteiger partial charge in [0, 0.05) is 19.3 Å². The van der Waals surface area contributed by atoms with Crippen LogP contribution in [0.1, 0.15) is 22.3 Å². The highest BCUT2D eigenvalue weighted by Gasteiger charge is 2.35. The first-order valence-electron chi connectivity index (χ1n) is 8.06. The quantitative estimate of drug-likeness (QED) is 0.589. The maximum Gasteiger partial charge on any atom is 0.308 e. The molecule has 2 aromatic rings. The van der Waals surface area contributed by atoms with E-state index in [9.17, 15) is 19.2 Å². The molecular weight excluding hydrogens is 340 g/mol. The number of anilines is 1. The van der Waals surface area contributed by atoms with Gasteiger partial charge in [-0.05, 0) is 18.6 Å². The molecule has 1 unspecified atom stereocenters. The summed E-state index contributed by atoms with van der Waals surface area (Å²) in [5.41, 5.74) is 0.458. The summed E-state index contributed by atoms with van der Waals surface area (Å²) in [5, 5.41) is 2.67. The summed E-state index contributed by atoms with van der Waals surface area (Å²) in [5.74, 6) is -0.855. The molecule has 0 spiro atoms. The molecule has 1 atom stereocenters. The number of piperazine rings is 1. The topological polar surface area (TPSA) is 110 Å². The highest BCUT2D eigenvalue weighted by molar-refractivity contribution is 5.92. The number of methoxy groups -OCH3 is 1. The lowest BCUT2D eigenvalue weighted by atomic mass is 10.1. The lowest BCUT2D eigenvalue weighted by Crippen LogP contribution is -2.57. The molecule has 9 heteroatoms. The molecule has 1 saturated heterocycles. The van der Waals surface area contributed by atoms with Gasteiger partial charge in [-0.3, -0.25) is 23.6 Å². The Kier molecular flexibility index (Phi) is 4.70. The SMILES string of the molecule is COC(=O)CC1C(=O)NCCN1c1nc2c(C)cccn2c(=O)c1C=O. The molecule has 3 heterocycles. The first-order chi connectivity index (χ1) is 12.5. The Morgan fingerprint density at radius 2 is 2.23 bits per heavy atom. The van der Waals surface area contributed by atoms with Crippen LogP contribution < -0.4 is 15.8 Å². The van der Waals surface area contributed by atoms with E-state index in [1.165, 1.54) is 22.6 Å². The number of aryl methyl sites for hydroxylation is 1. The van der Waals surface area contributed by atoms with Crippen LogP contribution in [0, 0.1) is 6.92 Å². The molecule has 0 radical (unpaired) electrons. The van der Waals surface area contributed by atoms with Gasteiger partial charge in [0.25, 0.3) is 5.56 Å². The van der Waals surface area contributed by atoms with E-state index in [0.717, 1.165) is 5.56 Å². The second-order valence-corrected chi connectivity index (χ2v) is 5.94. The molecule has 9 nitrogen and oxygen atoms in total. The Hall–Kier alpha value is -3.23. The highest BCUT2D eigenvalue weighted by atomic mass is 16.5. The third-order valence-corrected chi connectivity index (χ3v) is 4.37. The van der Waals surface area contributed by atoms with Crippen LogP contribution in [0.2, 0.25) is 0 Å². The average Bonchev–Trinajstić information content (AvgIpc) is 2.64. The Morgan fingerprint density at radius 1 is 1.46 bits per heavy atom. The summed E-state index contributed by atoms with van der Waals surface area (Å²) in [6.07, 6.45) is 1.75. The zero-order chi connectivity index (χ0) is 18.8. The number of hydrogen-bond acceptors (Lipinski definition) is 7. The summed E-state index contributed by atoms with van der Waals surface area (Å²) in [7, 11) is 1.23. The van der Waals surface area contributed by atoms with Gasteiger partial charge < -0.3 is 15.0 Å². The van der Waals surface area contributed by atoms with Crippen molar-refractivity contribution in [2.75, 3.05) is 25.1 Å². The van der Waals surface area contributed by atoms with Crippen molar-refractivity contribution in [2.45, 2.75) is 19.4 Å². The standard InChI is InChI=1S/C17H18N4O5/c1-10-4-3-6-21-14(10)19-15(11(9-22)17(21)25)20-7-5-18-16(24)12(20)8-13(23)26-2/h3-4,6,9,12H,5,7-8H2,1-2H3,(H,18,24). The average molecular weight is 358 g/mol. The molecule has 0 aromatic carbocycles. The van der Waals surface area contributed by atoms with Crippen molar-refractivity contribution in [3.05, 3.63) is 39.8 Å². The second-order valence-electron chi connectivity index (χ2n) is 5.94. The predicted molar refractivity (Wildman–Crippen MR) is 92.4 cm³/mol. The van der Waals surface area contributed by atoms with E-state index in [-0.39, 0.29) is 23.7 Å². The lowest BCUT2D eigenvalue weighted by Gasteiger charge is -2.35. The molecular formula is C17H18N4O5. The minimum absolute atomic E-state index is 0.100. The molecule has 1 N–H and O–H groups in total. The van der Waals surface area contributed by atoms with Crippen molar-refractivity contribution in [2.24, 2.45) is 0 Å². The number of pyridine rings is 1. The van der Waals surface area contributed by atoms with Crippen molar-refractivity contribution in [3.63, 3.8) is 0 Å². The van der Waals surface area contributed by atoms with Gasteiger partial charge in [0.2, 0.25) is 5.91 Å². The van der Waals surface area contributed by atoms with Crippen molar-refractivity contribution in [1.29, 1.82) is 0 Å². The van der Waals surface area contributed by atoms with Gasteiger partial charge in [-0.2, -0.15) is 0 Å². The Labute approximate surface area is 148 Å². The first kappa shape index (κ1) is 17.6. The number of aromatic nitrogens is 2. The Morgan fingerprint density at radius 3 is 2.92 bits per heavy atom. The van der Waals surface area contributed by atoms with Crippen LogP contribution in [-0.4, -0.2) is 53.8 Å². The molecule has 1 aliphatic heterocycles. The molecule has 1 fully saturated rings. The molecule has 26 heavy (non-hydrogen) atoms. The minimum atomic E-state index is -0.909. The predicted octanol–water partition coefficient (Wildman–Crippen LogP) is -0.317. The van der Waals surface area contributed by atoms with Crippen LogP contribution in [0.3, 0.4) is 0 Å². The molecule has 2 aromatic heterocycles. The van der Waals surface area contributed by atoms with E-state index in [1.54, 1.807) is 19.1 Å². The number of carbonyl (C=O) groups excluding carboxylic acids is 3. The zero-order valence-corrected chi connectivity index (χ0v) is 14.4. The monoisotopic (exact) mass is 358 g/mol. The molecule has 136 valence electrons. The summed E-state index contributed by atoms with van der Waals surface area (Å²) in [6, 6.07) is 2.57. The summed E-state index contributed by atoms with van der Waals surface area (Å²) in [6.45, 7) is 2.41. The third kappa shape index (κ3) is 2.92. The number of hydrogen-bond donors (Lipinski definition) is 1. The summed E-state index contributed by atoms with van der Waals surface area (Å²) < 4.78 is 5.95. The number of nitrogens with zero attached hydrogens (tertiary/aromatic N) is 3. The van der Waals surface area contributed by atoms with Gasteiger partial charge in [0.05, 0.1) is 13.5 Å². The molecule has 0 bridgehead atoms. The number of aldehydes is 1. The molecule has 1 aliphatic rings.